The monoisotopic (exact) mass is 799 g/mol. The van der Waals surface area contributed by atoms with Crippen LogP contribution in [0.5, 0.6) is 5.75 Å². The van der Waals surface area contributed by atoms with Crippen molar-refractivity contribution >= 4 is 56.4 Å². The number of allylic oxidation sites excluding steroid dienone is 1. The summed E-state index contributed by atoms with van der Waals surface area (Å²) < 4.78 is 41.1. The van der Waals surface area contributed by atoms with Crippen LogP contribution >= 0.6 is 11.6 Å². The van der Waals surface area contributed by atoms with Gasteiger partial charge in [0, 0.05) is 52.1 Å². The summed E-state index contributed by atoms with van der Waals surface area (Å²) in [4.78, 5) is 28.4. The van der Waals surface area contributed by atoms with Crippen LogP contribution in [-0.4, -0.2) is 53.4 Å². The molecular formula is C46H40ClF2N5O4. The van der Waals surface area contributed by atoms with Crippen molar-refractivity contribution < 1.29 is 27.8 Å². The van der Waals surface area contributed by atoms with Gasteiger partial charge in [-0.15, -0.1) is 0 Å². The van der Waals surface area contributed by atoms with Crippen LogP contribution in [0.4, 0.5) is 8.78 Å². The molecule has 2 amide bonds. The Morgan fingerprint density at radius 3 is 2.52 bits per heavy atom. The highest BCUT2D eigenvalue weighted by molar-refractivity contribution is 6.30. The number of carbonyl (C=O) groups is 2. The summed E-state index contributed by atoms with van der Waals surface area (Å²) in [6.07, 6.45) is 3.56. The summed E-state index contributed by atoms with van der Waals surface area (Å²) in [5, 5.41) is 14.9. The molecule has 0 fully saturated rings. The van der Waals surface area contributed by atoms with Gasteiger partial charge < -0.3 is 25.1 Å². The molecule has 1 aliphatic heterocycles. The molecule has 2 aromatic heterocycles. The molecule has 8 rings (SSSR count). The van der Waals surface area contributed by atoms with Gasteiger partial charge in [0.15, 0.2) is 0 Å². The quantitative estimate of drug-likeness (QED) is 0.0646. The summed E-state index contributed by atoms with van der Waals surface area (Å²) in [6.45, 7) is 3.46. The average Bonchev–Trinajstić information content (AvgIpc) is 3.81. The van der Waals surface area contributed by atoms with E-state index in [4.69, 9.17) is 21.1 Å². The zero-order valence-corrected chi connectivity index (χ0v) is 32.4. The number of aromatic amines is 2. The van der Waals surface area contributed by atoms with Crippen LogP contribution in [0.2, 0.25) is 5.02 Å². The Kier molecular flexibility index (Phi) is 11.3. The molecule has 58 heavy (non-hydrogen) atoms. The fourth-order valence-electron chi connectivity index (χ4n) is 7.56. The third-order valence-corrected chi connectivity index (χ3v) is 10.6. The van der Waals surface area contributed by atoms with Crippen molar-refractivity contribution in [3.05, 3.63) is 153 Å². The number of carbonyl (C=O) groups excluding carboxylic acids is 2. The number of fused-ring (bicyclic) bond motifs is 1. The SMILES string of the molecule is CC/C(=C(/c1ccc(OCCCOCC(=O)NCc2ccc(-c3[nH]c4cc(F)cc5c4c3CCNC5=O)cc2)cc1)c1ccc2[nH]ncc2c1)c1ccc(Cl)cc1F. The molecule has 294 valence electrons. The van der Waals surface area contributed by atoms with Crippen molar-refractivity contribution in [1.29, 1.82) is 0 Å². The van der Waals surface area contributed by atoms with Gasteiger partial charge in [-0.2, -0.15) is 5.10 Å². The molecule has 0 saturated heterocycles. The van der Waals surface area contributed by atoms with E-state index < -0.39 is 5.82 Å². The topological polar surface area (TPSA) is 121 Å². The van der Waals surface area contributed by atoms with Crippen molar-refractivity contribution in [1.82, 2.24) is 25.8 Å². The Balaban J connectivity index is 0.828. The number of nitrogens with zero attached hydrogens (tertiary/aromatic N) is 1. The first-order valence-corrected chi connectivity index (χ1v) is 19.5. The van der Waals surface area contributed by atoms with Crippen molar-refractivity contribution in [2.45, 2.75) is 32.7 Å². The zero-order valence-electron chi connectivity index (χ0n) is 31.7. The van der Waals surface area contributed by atoms with Gasteiger partial charge >= 0.3 is 0 Å². The van der Waals surface area contributed by atoms with E-state index in [1.807, 2.05) is 73.7 Å². The Morgan fingerprint density at radius 2 is 1.72 bits per heavy atom. The summed E-state index contributed by atoms with van der Waals surface area (Å²) in [5.74, 6) is -0.675. The smallest absolute Gasteiger partial charge is 0.252 e. The van der Waals surface area contributed by atoms with Gasteiger partial charge in [0.25, 0.3) is 5.91 Å². The van der Waals surface area contributed by atoms with Gasteiger partial charge in [-0.1, -0.05) is 67.1 Å². The highest BCUT2D eigenvalue weighted by Crippen LogP contribution is 2.38. The molecule has 0 saturated carbocycles. The molecule has 12 heteroatoms. The number of halogens is 3. The second-order valence-corrected chi connectivity index (χ2v) is 14.6. The molecule has 0 spiro atoms. The van der Waals surface area contributed by atoms with Gasteiger partial charge in [0.05, 0.1) is 30.5 Å². The standard InChI is InChI=1S/C46H40ClF2N5O4/c1-2-35(36-14-11-32(47)21-39(36)49)43(30-10-15-40-31(20-30)25-52-54-40)28-8-12-34(13-9-28)58-19-3-18-57-26-42(55)51-24-27-4-6-29(7-5-27)45-37-16-17-50-46(56)38-22-33(48)23-41(53-45)44(37)38/h4-15,20-23,25,53H,2-3,16-19,24,26H2,1H3,(H,50,56)(H,51,55)(H,52,54)/b43-35+. The third-order valence-electron chi connectivity index (χ3n) is 10.3. The van der Waals surface area contributed by atoms with Crippen molar-refractivity contribution in [2.75, 3.05) is 26.4 Å². The maximum atomic E-state index is 15.3. The number of aromatic nitrogens is 3. The minimum absolute atomic E-state index is 0.0788. The van der Waals surface area contributed by atoms with E-state index in [2.05, 4.69) is 25.8 Å². The van der Waals surface area contributed by atoms with Gasteiger partial charge in [0.1, 0.15) is 24.0 Å². The molecule has 4 N–H and O–H groups in total. The molecule has 0 unspecified atom stereocenters. The second kappa shape index (κ2) is 17.1. The predicted molar refractivity (Wildman–Crippen MR) is 223 cm³/mol. The minimum Gasteiger partial charge on any atom is -0.494 e. The normalized spacial score (nSPS) is 13.0. The van der Waals surface area contributed by atoms with E-state index in [1.165, 1.54) is 18.2 Å². The van der Waals surface area contributed by atoms with Crippen molar-refractivity contribution in [3.8, 4) is 17.0 Å². The van der Waals surface area contributed by atoms with Crippen LogP contribution in [0.3, 0.4) is 0 Å². The van der Waals surface area contributed by atoms with E-state index in [-0.39, 0.29) is 24.2 Å². The van der Waals surface area contributed by atoms with E-state index in [0.717, 1.165) is 60.9 Å². The van der Waals surface area contributed by atoms with Crippen molar-refractivity contribution in [3.63, 3.8) is 0 Å². The summed E-state index contributed by atoms with van der Waals surface area (Å²) in [7, 11) is 0. The molecule has 7 aromatic rings. The average molecular weight is 800 g/mol. The van der Waals surface area contributed by atoms with Gasteiger partial charge in [-0.3, -0.25) is 14.7 Å². The van der Waals surface area contributed by atoms with E-state index in [0.29, 0.717) is 73.0 Å². The Hall–Kier alpha value is -6.30. The zero-order chi connectivity index (χ0) is 40.2. The number of hydrogen-bond donors (Lipinski definition) is 4. The summed E-state index contributed by atoms with van der Waals surface area (Å²) in [5.41, 5.74) is 9.58. The molecule has 3 heterocycles. The Bertz CT molecular complexity index is 2670. The fourth-order valence-corrected chi connectivity index (χ4v) is 7.72. The summed E-state index contributed by atoms with van der Waals surface area (Å²) in [6, 6.07) is 29.0. The molecule has 5 aromatic carbocycles. The number of rotatable bonds is 14. The number of benzene rings is 5. The molecular weight excluding hydrogens is 760 g/mol. The van der Waals surface area contributed by atoms with Crippen LogP contribution < -0.4 is 15.4 Å². The largest absolute Gasteiger partial charge is 0.494 e. The third kappa shape index (κ3) is 8.23. The summed E-state index contributed by atoms with van der Waals surface area (Å²) >= 11 is 6.09. The first-order chi connectivity index (χ1) is 28.2. The highest BCUT2D eigenvalue weighted by atomic mass is 35.5. The first-order valence-electron chi connectivity index (χ1n) is 19.2. The predicted octanol–water partition coefficient (Wildman–Crippen LogP) is 9.40. The van der Waals surface area contributed by atoms with Gasteiger partial charge in [0.2, 0.25) is 5.91 Å². The van der Waals surface area contributed by atoms with E-state index in [1.54, 1.807) is 18.3 Å². The van der Waals surface area contributed by atoms with Gasteiger partial charge in [-0.25, -0.2) is 8.78 Å². The maximum Gasteiger partial charge on any atom is 0.252 e. The molecule has 9 nitrogen and oxygen atoms in total. The van der Waals surface area contributed by atoms with E-state index >= 15 is 4.39 Å². The van der Waals surface area contributed by atoms with Crippen LogP contribution in [0.15, 0.2) is 103 Å². The number of ether oxygens (including phenoxy) is 2. The maximum absolute atomic E-state index is 15.3. The number of nitrogens with one attached hydrogen (secondary N) is 4. The van der Waals surface area contributed by atoms with Crippen molar-refractivity contribution in [2.24, 2.45) is 0 Å². The Morgan fingerprint density at radius 1 is 0.914 bits per heavy atom. The molecule has 0 radical (unpaired) electrons. The highest BCUT2D eigenvalue weighted by Gasteiger charge is 2.24. The molecule has 0 bridgehead atoms. The fraction of sp³-hybridized carbons (Fsp3) is 0.196. The minimum atomic E-state index is -0.467. The van der Waals surface area contributed by atoms with Crippen LogP contribution in [0.25, 0.3) is 44.2 Å². The number of H-pyrrole nitrogens is 2. The van der Waals surface area contributed by atoms with Crippen LogP contribution in [0, 0.1) is 11.6 Å². The molecule has 1 aliphatic rings. The second-order valence-electron chi connectivity index (χ2n) is 14.1. The lowest BCUT2D eigenvalue weighted by atomic mass is 9.87. The molecule has 0 aliphatic carbocycles. The lowest BCUT2D eigenvalue weighted by molar-refractivity contribution is -0.125. The number of amides is 2. The van der Waals surface area contributed by atoms with Gasteiger partial charge in [-0.05, 0) is 100 Å². The Labute approximate surface area is 338 Å². The van der Waals surface area contributed by atoms with Crippen LogP contribution in [-0.2, 0) is 22.5 Å². The van der Waals surface area contributed by atoms with E-state index in [9.17, 15) is 14.0 Å². The first kappa shape index (κ1) is 38.6. The number of hydrogen-bond acceptors (Lipinski definition) is 5. The lowest BCUT2D eigenvalue weighted by Gasteiger charge is -2.17. The molecule has 0 atom stereocenters. The lowest BCUT2D eigenvalue weighted by Crippen LogP contribution is -2.27. The van der Waals surface area contributed by atoms with Crippen LogP contribution in [0.1, 0.15) is 57.9 Å².